The molecule has 0 spiro atoms. The molecule has 5 nitrogen and oxygen atoms in total. The molecule has 0 bridgehead atoms. The number of unbranched alkanes of at least 4 members (excludes halogenated alkanes) is 2. The monoisotopic (exact) mass is 273 g/mol. The van der Waals surface area contributed by atoms with Crippen molar-refractivity contribution in [2.45, 2.75) is 52.5 Å². The molecule has 2 aromatic rings. The Morgan fingerprint density at radius 2 is 2.15 bits per heavy atom. The molecule has 0 aliphatic carbocycles. The van der Waals surface area contributed by atoms with Crippen LogP contribution in [0.25, 0.3) is 5.69 Å². The second-order valence-corrected chi connectivity index (χ2v) is 5.23. The smallest absolute Gasteiger partial charge is 0.153 e. The standard InChI is InChI=1S/C15H23N5/c1-4-5-6-8-12(2)16-14-9-7-10-15(11-14)20-13(3)17-18-19-20/h7,9-12,16H,4-6,8H2,1-3H3. The topological polar surface area (TPSA) is 55.6 Å². The lowest BCUT2D eigenvalue weighted by Crippen LogP contribution is -2.15. The van der Waals surface area contributed by atoms with Gasteiger partial charge >= 0.3 is 0 Å². The largest absolute Gasteiger partial charge is 0.383 e. The second-order valence-electron chi connectivity index (χ2n) is 5.23. The van der Waals surface area contributed by atoms with E-state index in [0.717, 1.165) is 17.2 Å². The zero-order chi connectivity index (χ0) is 14.4. The maximum atomic E-state index is 3.99. The van der Waals surface area contributed by atoms with Gasteiger partial charge in [0.1, 0.15) is 0 Å². The minimum atomic E-state index is 0.478. The molecule has 0 radical (unpaired) electrons. The molecule has 0 fully saturated rings. The predicted molar refractivity (Wildman–Crippen MR) is 81.1 cm³/mol. The van der Waals surface area contributed by atoms with Crippen LogP contribution in [-0.4, -0.2) is 26.2 Å². The molecule has 1 aromatic heterocycles. The van der Waals surface area contributed by atoms with E-state index in [1.807, 2.05) is 19.1 Å². The highest BCUT2D eigenvalue weighted by Crippen LogP contribution is 2.16. The molecule has 0 aliphatic heterocycles. The number of nitrogens with one attached hydrogen (secondary N) is 1. The van der Waals surface area contributed by atoms with E-state index >= 15 is 0 Å². The lowest BCUT2D eigenvalue weighted by atomic mass is 10.1. The van der Waals surface area contributed by atoms with E-state index in [2.05, 4.69) is 46.8 Å². The molecule has 0 aliphatic rings. The van der Waals surface area contributed by atoms with Crippen molar-refractivity contribution in [3.05, 3.63) is 30.1 Å². The van der Waals surface area contributed by atoms with Gasteiger partial charge in [-0.2, -0.15) is 4.68 Å². The summed E-state index contributed by atoms with van der Waals surface area (Å²) in [6.07, 6.45) is 5.04. The summed E-state index contributed by atoms with van der Waals surface area (Å²) in [7, 11) is 0. The summed E-state index contributed by atoms with van der Waals surface area (Å²) in [5.41, 5.74) is 2.10. The fourth-order valence-electron chi connectivity index (χ4n) is 2.25. The Morgan fingerprint density at radius 3 is 2.85 bits per heavy atom. The first kappa shape index (κ1) is 14.5. The average molecular weight is 273 g/mol. The fraction of sp³-hybridized carbons (Fsp3) is 0.533. The van der Waals surface area contributed by atoms with E-state index < -0.39 is 0 Å². The zero-order valence-corrected chi connectivity index (χ0v) is 12.5. The van der Waals surface area contributed by atoms with Gasteiger partial charge in [-0.3, -0.25) is 0 Å². The van der Waals surface area contributed by atoms with Gasteiger partial charge in [0, 0.05) is 11.7 Å². The molecular formula is C15H23N5. The molecule has 0 saturated carbocycles. The number of aryl methyl sites for hydroxylation is 1. The van der Waals surface area contributed by atoms with Crippen LogP contribution in [-0.2, 0) is 0 Å². The maximum Gasteiger partial charge on any atom is 0.153 e. The van der Waals surface area contributed by atoms with Crippen molar-refractivity contribution >= 4 is 5.69 Å². The van der Waals surface area contributed by atoms with Gasteiger partial charge in [0.2, 0.25) is 0 Å². The number of rotatable bonds is 7. The lowest BCUT2D eigenvalue weighted by Gasteiger charge is -2.15. The summed E-state index contributed by atoms with van der Waals surface area (Å²) in [5.74, 6) is 0.790. The molecule has 1 atom stereocenters. The van der Waals surface area contributed by atoms with Crippen LogP contribution in [0.3, 0.4) is 0 Å². The van der Waals surface area contributed by atoms with Gasteiger partial charge in [-0.1, -0.05) is 32.3 Å². The third-order valence-corrected chi connectivity index (χ3v) is 3.37. The molecule has 20 heavy (non-hydrogen) atoms. The van der Waals surface area contributed by atoms with E-state index in [0.29, 0.717) is 6.04 Å². The van der Waals surface area contributed by atoms with Gasteiger partial charge in [-0.15, -0.1) is 5.10 Å². The van der Waals surface area contributed by atoms with Gasteiger partial charge in [-0.05, 0) is 48.9 Å². The molecule has 5 heteroatoms. The molecule has 2 rings (SSSR count). The molecule has 1 aromatic carbocycles. The van der Waals surface area contributed by atoms with Crippen molar-refractivity contribution in [3.63, 3.8) is 0 Å². The Bertz CT molecular complexity index is 535. The molecular weight excluding hydrogens is 250 g/mol. The minimum Gasteiger partial charge on any atom is -0.383 e. The van der Waals surface area contributed by atoms with Crippen LogP contribution in [0, 0.1) is 6.92 Å². The summed E-state index contributed by atoms with van der Waals surface area (Å²) in [4.78, 5) is 0. The minimum absolute atomic E-state index is 0.478. The number of nitrogens with zero attached hydrogens (tertiary/aromatic N) is 4. The molecule has 1 N–H and O–H groups in total. The predicted octanol–water partition coefficient (Wildman–Crippen LogP) is 3.35. The third-order valence-electron chi connectivity index (χ3n) is 3.37. The number of hydrogen-bond donors (Lipinski definition) is 1. The molecule has 108 valence electrons. The van der Waals surface area contributed by atoms with Crippen molar-refractivity contribution < 1.29 is 0 Å². The first-order valence-corrected chi connectivity index (χ1v) is 7.32. The van der Waals surface area contributed by atoms with Crippen molar-refractivity contribution in [1.29, 1.82) is 0 Å². The fourth-order valence-corrected chi connectivity index (χ4v) is 2.25. The second kappa shape index (κ2) is 7.03. The Kier molecular flexibility index (Phi) is 5.09. The number of aromatic nitrogens is 4. The SMILES string of the molecule is CCCCCC(C)Nc1cccc(-n2nnnc2C)c1. The van der Waals surface area contributed by atoms with Crippen molar-refractivity contribution in [2.24, 2.45) is 0 Å². The van der Waals surface area contributed by atoms with Crippen LogP contribution in [0.15, 0.2) is 24.3 Å². The lowest BCUT2D eigenvalue weighted by molar-refractivity contribution is 0.615. The van der Waals surface area contributed by atoms with Crippen LogP contribution in [0.4, 0.5) is 5.69 Å². The van der Waals surface area contributed by atoms with Gasteiger partial charge in [-0.25, -0.2) is 0 Å². The quantitative estimate of drug-likeness (QED) is 0.786. The summed E-state index contributed by atoms with van der Waals surface area (Å²) < 4.78 is 1.74. The Balaban J connectivity index is 2.01. The number of tetrazole rings is 1. The maximum absolute atomic E-state index is 3.99. The molecule has 1 unspecified atom stereocenters. The highest BCUT2D eigenvalue weighted by atomic mass is 15.5. The van der Waals surface area contributed by atoms with Gasteiger partial charge in [0.25, 0.3) is 0 Å². The third kappa shape index (κ3) is 3.79. The van der Waals surface area contributed by atoms with Crippen LogP contribution in [0.2, 0.25) is 0 Å². The summed E-state index contributed by atoms with van der Waals surface area (Å²) in [5, 5.41) is 15.1. The summed E-state index contributed by atoms with van der Waals surface area (Å²) >= 11 is 0. The van der Waals surface area contributed by atoms with Gasteiger partial charge in [0.05, 0.1) is 5.69 Å². The molecule has 0 saturated heterocycles. The molecule has 1 heterocycles. The zero-order valence-electron chi connectivity index (χ0n) is 12.5. The first-order chi connectivity index (χ1) is 9.70. The van der Waals surface area contributed by atoms with E-state index in [1.54, 1.807) is 4.68 Å². The number of benzene rings is 1. The van der Waals surface area contributed by atoms with Crippen LogP contribution in [0.1, 0.15) is 45.4 Å². The summed E-state index contributed by atoms with van der Waals surface area (Å²) in [6, 6.07) is 8.68. The van der Waals surface area contributed by atoms with Crippen molar-refractivity contribution in [2.75, 3.05) is 5.32 Å². The number of hydrogen-bond acceptors (Lipinski definition) is 4. The van der Waals surface area contributed by atoms with E-state index in [9.17, 15) is 0 Å². The number of anilines is 1. The normalized spacial score (nSPS) is 12.3. The van der Waals surface area contributed by atoms with E-state index in [-0.39, 0.29) is 0 Å². The van der Waals surface area contributed by atoms with Gasteiger partial charge < -0.3 is 5.32 Å². The van der Waals surface area contributed by atoms with Crippen LogP contribution >= 0.6 is 0 Å². The highest BCUT2D eigenvalue weighted by molar-refractivity contribution is 5.51. The first-order valence-electron chi connectivity index (χ1n) is 7.32. The Morgan fingerprint density at radius 1 is 1.30 bits per heavy atom. The van der Waals surface area contributed by atoms with Crippen LogP contribution < -0.4 is 5.32 Å². The average Bonchev–Trinajstić information content (AvgIpc) is 2.85. The van der Waals surface area contributed by atoms with Gasteiger partial charge in [0.15, 0.2) is 5.82 Å². The van der Waals surface area contributed by atoms with Crippen molar-refractivity contribution in [3.8, 4) is 5.69 Å². The summed E-state index contributed by atoms with van der Waals surface area (Å²) in [6.45, 7) is 6.36. The highest BCUT2D eigenvalue weighted by Gasteiger charge is 2.06. The molecule has 0 amide bonds. The van der Waals surface area contributed by atoms with Crippen LogP contribution in [0.5, 0.6) is 0 Å². The van der Waals surface area contributed by atoms with E-state index in [4.69, 9.17) is 0 Å². The van der Waals surface area contributed by atoms with E-state index in [1.165, 1.54) is 25.7 Å². The Labute approximate surface area is 120 Å². The van der Waals surface area contributed by atoms with Crippen molar-refractivity contribution in [1.82, 2.24) is 20.2 Å². The Hall–Kier alpha value is -1.91.